The molecule has 1 N–H and O–H groups in total. The number of rotatable bonds is 6. The predicted octanol–water partition coefficient (Wildman–Crippen LogP) is 7.04. The molecule has 0 atom stereocenters. The highest BCUT2D eigenvalue weighted by Crippen LogP contribution is 2.28. The Morgan fingerprint density at radius 2 is 1.72 bits per heavy atom. The number of aryl methyl sites for hydroxylation is 3. The third-order valence-corrected chi connectivity index (χ3v) is 5.44. The van der Waals surface area contributed by atoms with Crippen molar-refractivity contribution in [3.63, 3.8) is 0 Å². The summed E-state index contributed by atoms with van der Waals surface area (Å²) < 4.78 is 5.86. The number of nitrogens with zero attached hydrogens (tertiary/aromatic N) is 1. The molecule has 162 valence electrons. The number of nitriles is 1. The van der Waals surface area contributed by atoms with E-state index in [0.717, 1.165) is 11.1 Å². The number of nitrogens with one attached hydrogen (secondary N) is 1. The van der Waals surface area contributed by atoms with Crippen molar-refractivity contribution in [3.8, 4) is 11.8 Å². The fraction of sp³-hybridized carbons (Fsp3) is 0.154. The first-order chi connectivity index (χ1) is 15.2. The third kappa shape index (κ3) is 6.13. The second kappa shape index (κ2) is 10.4. The molecule has 0 fully saturated rings. The molecule has 0 spiro atoms. The molecule has 0 heterocycles. The SMILES string of the molecule is Cc1cc(C)cc(COc2ccc(/C=C(\C#N)C(=O)Nc3ccc(C)c(Cl)c3)cc2Cl)c1. The van der Waals surface area contributed by atoms with Crippen molar-refractivity contribution in [2.24, 2.45) is 0 Å². The van der Waals surface area contributed by atoms with E-state index in [2.05, 4.69) is 23.5 Å². The van der Waals surface area contributed by atoms with Gasteiger partial charge in [-0.1, -0.05) is 64.7 Å². The van der Waals surface area contributed by atoms with Gasteiger partial charge in [0.2, 0.25) is 0 Å². The Balaban J connectivity index is 1.72. The molecule has 0 unspecified atom stereocenters. The molecule has 0 aromatic heterocycles. The number of carbonyl (C=O) groups is 1. The summed E-state index contributed by atoms with van der Waals surface area (Å²) in [6, 6.07) is 18.5. The van der Waals surface area contributed by atoms with Crippen molar-refractivity contribution in [1.29, 1.82) is 5.26 Å². The summed E-state index contributed by atoms with van der Waals surface area (Å²) in [6.07, 6.45) is 1.48. The zero-order chi connectivity index (χ0) is 23.3. The van der Waals surface area contributed by atoms with Gasteiger partial charge in [-0.2, -0.15) is 5.26 Å². The topological polar surface area (TPSA) is 62.1 Å². The van der Waals surface area contributed by atoms with Crippen molar-refractivity contribution < 1.29 is 9.53 Å². The van der Waals surface area contributed by atoms with Crippen LogP contribution in [-0.4, -0.2) is 5.91 Å². The van der Waals surface area contributed by atoms with E-state index in [9.17, 15) is 10.1 Å². The molecule has 0 aliphatic carbocycles. The van der Waals surface area contributed by atoms with Crippen LogP contribution in [0.5, 0.6) is 5.75 Å². The molecule has 3 rings (SSSR count). The normalized spacial score (nSPS) is 11.1. The molecule has 6 heteroatoms. The van der Waals surface area contributed by atoms with Gasteiger partial charge in [-0.15, -0.1) is 0 Å². The number of carbonyl (C=O) groups excluding carboxylic acids is 1. The van der Waals surface area contributed by atoms with Crippen molar-refractivity contribution in [2.45, 2.75) is 27.4 Å². The molecule has 32 heavy (non-hydrogen) atoms. The van der Waals surface area contributed by atoms with Gasteiger partial charge in [-0.05, 0) is 67.8 Å². The Bertz CT molecular complexity index is 1220. The summed E-state index contributed by atoms with van der Waals surface area (Å²) in [5.41, 5.74) is 5.37. The van der Waals surface area contributed by atoms with Crippen LogP contribution in [0.4, 0.5) is 5.69 Å². The number of anilines is 1. The number of amides is 1. The summed E-state index contributed by atoms with van der Waals surface area (Å²) >= 11 is 12.5. The molecule has 3 aromatic carbocycles. The largest absolute Gasteiger partial charge is 0.487 e. The predicted molar refractivity (Wildman–Crippen MR) is 130 cm³/mol. The highest BCUT2D eigenvalue weighted by atomic mass is 35.5. The van der Waals surface area contributed by atoms with Crippen LogP contribution in [0.2, 0.25) is 10.0 Å². The smallest absolute Gasteiger partial charge is 0.266 e. The van der Waals surface area contributed by atoms with Crippen LogP contribution in [0, 0.1) is 32.1 Å². The van der Waals surface area contributed by atoms with Crippen LogP contribution in [0.25, 0.3) is 6.08 Å². The van der Waals surface area contributed by atoms with Gasteiger partial charge < -0.3 is 10.1 Å². The minimum Gasteiger partial charge on any atom is -0.487 e. The van der Waals surface area contributed by atoms with Gasteiger partial charge >= 0.3 is 0 Å². The average molecular weight is 465 g/mol. The first kappa shape index (κ1) is 23.4. The Labute approximate surface area is 198 Å². The number of ether oxygens (including phenoxy) is 1. The van der Waals surface area contributed by atoms with Crippen LogP contribution in [-0.2, 0) is 11.4 Å². The first-order valence-corrected chi connectivity index (χ1v) is 10.7. The molecule has 3 aromatic rings. The van der Waals surface area contributed by atoms with Gasteiger partial charge in [0.15, 0.2) is 0 Å². The minimum absolute atomic E-state index is 0.0540. The zero-order valence-electron chi connectivity index (χ0n) is 18.0. The van der Waals surface area contributed by atoms with E-state index < -0.39 is 5.91 Å². The molecule has 0 aliphatic heterocycles. The van der Waals surface area contributed by atoms with Crippen molar-refractivity contribution in [2.75, 3.05) is 5.32 Å². The fourth-order valence-corrected chi connectivity index (χ4v) is 3.65. The molecule has 1 amide bonds. The van der Waals surface area contributed by atoms with E-state index in [-0.39, 0.29) is 5.57 Å². The lowest BCUT2D eigenvalue weighted by molar-refractivity contribution is -0.112. The van der Waals surface area contributed by atoms with Crippen LogP contribution in [0.1, 0.15) is 27.8 Å². The maximum Gasteiger partial charge on any atom is 0.266 e. The average Bonchev–Trinajstić information content (AvgIpc) is 2.73. The molecular formula is C26H22Cl2N2O2. The maximum absolute atomic E-state index is 12.5. The second-order valence-electron chi connectivity index (χ2n) is 7.56. The third-order valence-electron chi connectivity index (χ3n) is 4.74. The van der Waals surface area contributed by atoms with Crippen molar-refractivity contribution in [1.82, 2.24) is 0 Å². The van der Waals surface area contributed by atoms with Crippen LogP contribution >= 0.6 is 23.2 Å². The second-order valence-corrected chi connectivity index (χ2v) is 8.38. The fourth-order valence-electron chi connectivity index (χ4n) is 3.22. The van der Waals surface area contributed by atoms with Gasteiger partial charge in [0.05, 0.1) is 5.02 Å². The highest BCUT2D eigenvalue weighted by Gasteiger charge is 2.11. The zero-order valence-corrected chi connectivity index (χ0v) is 19.5. The van der Waals surface area contributed by atoms with Gasteiger partial charge in [0.25, 0.3) is 5.91 Å². The molecule has 4 nitrogen and oxygen atoms in total. The van der Waals surface area contributed by atoms with Crippen molar-refractivity contribution >= 4 is 40.9 Å². The summed E-state index contributed by atoms with van der Waals surface area (Å²) in [5, 5.41) is 13.1. The molecular weight excluding hydrogens is 443 g/mol. The lowest BCUT2D eigenvalue weighted by Gasteiger charge is -2.10. The van der Waals surface area contributed by atoms with Crippen LogP contribution in [0.3, 0.4) is 0 Å². The summed E-state index contributed by atoms with van der Waals surface area (Å²) in [4.78, 5) is 12.5. The van der Waals surface area contributed by atoms with Crippen molar-refractivity contribution in [3.05, 3.63) is 98.0 Å². The van der Waals surface area contributed by atoms with E-state index >= 15 is 0 Å². The first-order valence-electron chi connectivity index (χ1n) is 9.94. The number of benzene rings is 3. The summed E-state index contributed by atoms with van der Waals surface area (Å²) in [7, 11) is 0. The van der Waals surface area contributed by atoms with Gasteiger partial charge in [-0.3, -0.25) is 4.79 Å². The lowest BCUT2D eigenvalue weighted by Crippen LogP contribution is -2.13. The van der Waals surface area contributed by atoms with E-state index in [4.69, 9.17) is 27.9 Å². The van der Waals surface area contributed by atoms with E-state index in [0.29, 0.717) is 33.7 Å². The Hall–Kier alpha value is -3.26. The minimum atomic E-state index is -0.529. The number of hydrogen-bond donors (Lipinski definition) is 1. The number of halogens is 2. The van der Waals surface area contributed by atoms with E-state index in [1.54, 1.807) is 36.4 Å². The molecule has 0 saturated heterocycles. The Morgan fingerprint density at radius 1 is 1.00 bits per heavy atom. The van der Waals surface area contributed by atoms with Crippen LogP contribution in [0.15, 0.2) is 60.2 Å². The summed E-state index contributed by atoms with van der Waals surface area (Å²) in [6.45, 7) is 6.35. The van der Waals surface area contributed by atoms with Gasteiger partial charge in [0.1, 0.15) is 24.0 Å². The lowest BCUT2D eigenvalue weighted by atomic mass is 10.1. The maximum atomic E-state index is 12.5. The standard InChI is InChI=1S/C26H22Cl2N2O2/c1-16-8-17(2)10-20(9-16)15-32-25-7-5-19(12-24(25)28)11-21(14-29)26(31)30-22-6-4-18(3)23(27)13-22/h4-13H,15H2,1-3H3,(H,30,31)/b21-11+. The monoisotopic (exact) mass is 464 g/mol. The van der Waals surface area contributed by atoms with Gasteiger partial charge in [0, 0.05) is 10.7 Å². The van der Waals surface area contributed by atoms with E-state index in [1.165, 1.54) is 17.2 Å². The number of hydrogen-bond acceptors (Lipinski definition) is 3. The molecule has 0 bridgehead atoms. The molecule has 0 radical (unpaired) electrons. The highest BCUT2D eigenvalue weighted by molar-refractivity contribution is 6.32. The summed E-state index contributed by atoms with van der Waals surface area (Å²) in [5.74, 6) is -0.00100. The molecule has 0 aliphatic rings. The van der Waals surface area contributed by atoms with E-state index in [1.807, 2.05) is 26.8 Å². The quantitative estimate of drug-likeness (QED) is 0.314. The Morgan fingerprint density at radius 3 is 2.34 bits per heavy atom. The molecule has 0 saturated carbocycles. The van der Waals surface area contributed by atoms with Gasteiger partial charge in [-0.25, -0.2) is 0 Å². The Kier molecular flexibility index (Phi) is 7.58. The van der Waals surface area contributed by atoms with Crippen LogP contribution < -0.4 is 10.1 Å².